The van der Waals surface area contributed by atoms with E-state index < -0.39 is 0 Å². The molecule has 0 unspecified atom stereocenters. The lowest BCUT2D eigenvalue weighted by Gasteiger charge is -2.31. The van der Waals surface area contributed by atoms with Crippen LogP contribution in [-0.2, 0) is 9.53 Å². The minimum Gasteiger partial charge on any atom is -0.468 e. The maximum absolute atomic E-state index is 11.6. The van der Waals surface area contributed by atoms with Crippen LogP contribution in [0.5, 0.6) is 0 Å². The van der Waals surface area contributed by atoms with Gasteiger partial charge in [0.2, 0.25) is 0 Å². The smallest absolute Gasteiger partial charge is 0.325 e. The second-order valence-electron chi connectivity index (χ2n) is 4.20. The van der Waals surface area contributed by atoms with Gasteiger partial charge in [0.25, 0.3) is 0 Å². The van der Waals surface area contributed by atoms with E-state index in [4.69, 9.17) is 4.74 Å². The zero-order valence-electron chi connectivity index (χ0n) is 10.5. The predicted octanol–water partition coefficient (Wildman–Crippen LogP) is 3.46. The van der Waals surface area contributed by atoms with Crippen molar-refractivity contribution in [2.24, 2.45) is 0 Å². The Kier molecular flexibility index (Phi) is 3.17. The molecule has 3 rings (SSSR count). The number of rotatable bonds is 2. The van der Waals surface area contributed by atoms with Crippen LogP contribution in [0.2, 0.25) is 0 Å². The van der Waals surface area contributed by atoms with Crippen LogP contribution >= 0.6 is 11.8 Å². The minimum absolute atomic E-state index is 0.227. The molecule has 0 saturated carbocycles. The Morgan fingerprint density at radius 2 is 1.58 bits per heavy atom. The first kappa shape index (κ1) is 12.1. The van der Waals surface area contributed by atoms with Gasteiger partial charge in [-0.25, -0.2) is 0 Å². The van der Waals surface area contributed by atoms with Crippen LogP contribution in [-0.4, -0.2) is 19.6 Å². The molecule has 0 atom stereocenters. The van der Waals surface area contributed by atoms with E-state index in [9.17, 15) is 4.79 Å². The number of fused-ring (bicyclic) bond motifs is 2. The van der Waals surface area contributed by atoms with Crippen LogP contribution in [0.15, 0.2) is 58.3 Å². The van der Waals surface area contributed by atoms with Gasteiger partial charge < -0.3 is 9.64 Å². The third kappa shape index (κ3) is 2.19. The molecule has 19 heavy (non-hydrogen) atoms. The van der Waals surface area contributed by atoms with Gasteiger partial charge >= 0.3 is 5.97 Å². The summed E-state index contributed by atoms with van der Waals surface area (Å²) < 4.78 is 4.80. The summed E-state index contributed by atoms with van der Waals surface area (Å²) in [5.41, 5.74) is 2.10. The Morgan fingerprint density at radius 1 is 1.05 bits per heavy atom. The van der Waals surface area contributed by atoms with Gasteiger partial charge in [-0.05, 0) is 24.3 Å². The fraction of sp³-hybridized carbons (Fsp3) is 0.133. The monoisotopic (exact) mass is 271 g/mol. The van der Waals surface area contributed by atoms with Crippen molar-refractivity contribution in [1.29, 1.82) is 0 Å². The standard InChI is InChI=1S/C15H13NO2S/c1-18-15(17)10-16-11-6-2-4-8-13(11)19-14-9-5-3-7-12(14)16/h2-9H,10H2,1H3. The fourth-order valence-electron chi connectivity index (χ4n) is 2.15. The normalized spacial score (nSPS) is 12.6. The van der Waals surface area contributed by atoms with Gasteiger partial charge in [-0.15, -0.1) is 0 Å². The van der Waals surface area contributed by atoms with E-state index in [0.717, 1.165) is 21.2 Å². The zero-order valence-corrected chi connectivity index (χ0v) is 11.3. The largest absolute Gasteiger partial charge is 0.468 e. The molecule has 1 aliphatic heterocycles. The van der Waals surface area contributed by atoms with Gasteiger partial charge in [-0.3, -0.25) is 4.79 Å². The summed E-state index contributed by atoms with van der Waals surface area (Å²) >= 11 is 1.73. The van der Waals surface area contributed by atoms with Gasteiger partial charge in [-0.1, -0.05) is 36.0 Å². The molecule has 3 nitrogen and oxygen atoms in total. The van der Waals surface area contributed by atoms with Crippen LogP contribution in [0.25, 0.3) is 0 Å². The molecule has 0 amide bonds. The summed E-state index contributed by atoms with van der Waals surface area (Å²) in [6.45, 7) is 0.227. The number of esters is 1. The number of anilines is 2. The molecule has 1 heterocycles. The lowest BCUT2D eigenvalue weighted by atomic mass is 10.2. The molecule has 2 aromatic rings. The summed E-state index contributed by atoms with van der Waals surface area (Å²) in [5.74, 6) is -0.239. The zero-order chi connectivity index (χ0) is 13.2. The Morgan fingerprint density at radius 3 is 2.11 bits per heavy atom. The number of carbonyl (C=O) groups is 1. The Labute approximate surface area is 116 Å². The van der Waals surface area contributed by atoms with Crippen LogP contribution in [0.4, 0.5) is 11.4 Å². The maximum Gasteiger partial charge on any atom is 0.325 e. The average Bonchev–Trinajstić information content (AvgIpc) is 2.46. The molecular formula is C15H13NO2S. The van der Waals surface area contributed by atoms with Crippen molar-refractivity contribution in [3.8, 4) is 0 Å². The topological polar surface area (TPSA) is 29.5 Å². The summed E-state index contributed by atoms with van der Waals surface area (Å²) in [6.07, 6.45) is 0. The number of carbonyl (C=O) groups excluding carboxylic acids is 1. The quantitative estimate of drug-likeness (QED) is 0.782. The first-order valence-electron chi connectivity index (χ1n) is 6.00. The number of nitrogens with zero attached hydrogens (tertiary/aromatic N) is 1. The van der Waals surface area contributed by atoms with Gasteiger partial charge in [0.1, 0.15) is 6.54 Å². The number of methoxy groups -OCH3 is 1. The van der Waals surface area contributed by atoms with E-state index in [1.54, 1.807) is 11.8 Å². The van der Waals surface area contributed by atoms with Crippen molar-refractivity contribution in [2.45, 2.75) is 9.79 Å². The molecule has 0 fully saturated rings. The lowest BCUT2D eigenvalue weighted by Crippen LogP contribution is -2.28. The molecule has 1 aliphatic rings. The lowest BCUT2D eigenvalue weighted by molar-refractivity contribution is -0.138. The maximum atomic E-state index is 11.6. The van der Waals surface area contributed by atoms with Crippen molar-refractivity contribution in [1.82, 2.24) is 0 Å². The highest BCUT2D eigenvalue weighted by atomic mass is 32.2. The molecule has 2 aromatic carbocycles. The SMILES string of the molecule is COC(=O)CN1c2ccccc2Sc2ccccc21. The highest BCUT2D eigenvalue weighted by Crippen LogP contribution is 2.47. The van der Waals surface area contributed by atoms with Gasteiger partial charge in [0.15, 0.2) is 0 Å². The van der Waals surface area contributed by atoms with Crippen LogP contribution < -0.4 is 4.90 Å². The molecule has 4 heteroatoms. The Balaban J connectivity index is 2.08. The molecule has 0 N–H and O–H groups in total. The summed E-state index contributed by atoms with van der Waals surface area (Å²) in [4.78, 5) is 16.0. The van der Waals surface area contributed by atoms with Crippen molar-refractivity contribution in [3.63, 3.8) is 0 Å². The number of hydrogen-bond acceptors (Lipinski definition) is 4. The van der Waals surface area contributed by atoms with Crippen molar-refractivity contribution in [2.75, 3.05) is 18.6 Å². The van der Waals surface area contributed by atoms with Crippen LogP contribution in [0.1, 0.15) is 0 Å². The Bertz CT molecular complexity index is 582. The van der Waals surface area contributed by atoms with Gasteiger partial charge in [0, 0.05) is 9.79 Å². The second-order valence-corrected chi connectivity index (χ2v) is 5.28. The molecule has 0 saturated heterocycles. The van der Waals surface area contributed by atoms with E-state index in [1.807, 2.05) is 41.3 Å². The van der Waals surface area contributed by atoms with E-state index in [2.05, 4.69) is 12.1 Å². The van der Waals surface area contributed by atoms with Crippen molar-refractivity contribution >= 4 is 29.1 Å². The number of ether oxygens (including phenoxy) is 1. The van der Waals surface area contributed by atoms with Crippen molar-refractivity contribution < 1.29 is 9.53 Å². The highest BCUT2D eigenvalue weighted by molar-refractivity contribution is 7.99. The molecule has 0 spiro atoms. The van der Waals surface area contributed by atoms with Gasteiger partial charge in [0.05, 0.1) is 18.5 Å². The molecule has 0 aromatic heterocycles. The van der Waals surface area contributed by atoms with E-state index in [1.165, 1.54) is 7.11 Å². The highest BCUT2D eigenvalue weighted by Gasteiger charge is 2.24. The number of para-hydroxylation sites is 2. The molecule has 0 aliphatic carbocycles. The Hall–Kier alpha value is -1.94. The number of benzene rings is 2. The molecule has 0 bridgehead atoms. The third-order valence-electron chi connectivity index (χ3n) is 3.05. The van der Waals surface area contributed by atoms with Crippen molar-refractivity contribution in [3.05, 3.63) is 48.5 Å². The van der Waals surface area contributed by atoms with Crippen LogP contribution in [0, 0.1) is 0 Å². The van der Waals surface area contributed by atoms with E-state index in [0.29, 0.717) is 0 Å². The third-order valence-corrected chi connectivity index (χ3v) is 4.18. The summed E-state index contributed by atoms with van der Waals surface area (Å²) in [6, 6.07) is 16.2. The first-order chi connectivity index (χ1) is 9.29. The first-order valence-corrected chi connectivity index (χ1v) is 6.81. The predicted molar refractivity (Wildman–Crippen MR) is 76.0 cm³/mol. The van der Waals surface area contributed by atoms with Gasteiger partial charge in [-0.2, -0.15) is 0 Å². The molecular weight excluding hydrogens is 258 g/mol. The second kappa shape index (κ2) is 4.97. The number of hydrogen-bond donors (Lipinski definition) is 0. The average molecular weight is 271 g/mol. The molecule has 0 radical (unpaired) electrons. The summed E-state index contributed by atoms with van der Waals surface area (Å²) in [7, 11) is 1.42. The minimum atomic E-state index is -0.239. The van der Waals surface area contributed by atoms with E-state index >= 15 is 0 Å². The van der Waals surface area contributed by atoms with E-state index in [-0.39, 0.29) is 12.5 Å². The van der Waals surface area contributed by atoms with Crippen LogP contribution in [0.3, 0.4) is 0 Å². The summed E-state index contributed by atoms with van der Waals surface area (Å²) in [5, 5.41) is 0. The molecule has 96 valence electrons. The fourth-order valence-corrected chi connectivity index (χ4v) is 3.24.